The summed E-state index contributed by atoms with van der Waals surface area (Å²) in [6, 6.07) is 23.7. The SMILES string of the molecule is Nc1cc(-c2ccc(Cl)cc2)nn1C(CC(=O)c1ccc([N+](=O)[O-])cc1)c1ccccc1. The second-order valence-electron chi connectivity index (χ2n) is 7.26. The molecule has 0 amide bonds. The lowest BCUT2D eigenvalue weighted by Crippen LogP contribution is -2.18. The van der Waals surface area contributed by atoms with Gasteiger partial charge in [0.15, 0.2) is 5.78 Å². The first-order chi connectivity index (χ1) is 15.4. The van der Waals surface area contributed by atoms with Crippen LogP contribution in [0, 0.1) is 10.1 Å². The third-order valence-corrected chi connectivity index (χ3v) is 5.41. The number of nitrogens with zero attached hydrogens (tertiary/aromatic N) is 3. The van der Waals surface area contributed by atoms with Crippen molar-refractivity contribution in [3.8, 4) is 11.3 Å². The minimum Gasteiger partial charge on any atom is -0.384 e. The van der Waals surface area contributed by atoms with Gasteiger partial charge in [-0.25, -0.2) is 4.68 Å². The minimum atomic E-state index is -0.496. The maximum absolute atomic E-state index is 13.0. The third kappa shape index (κ3) is 4.53. The molecule has 1 atom stereocenters. The van der Waals surface area contributed by atoms with E-state index in [1.165, 1.54) is 24.3 Å². The Morgan fingerprint density at radius 1 is 1.03 bits per heavy atom. The topological polar surface area (TPSA) is 104 Å². The van der Waals surface area contributed by atoms with Crippen molar-refractivity contribution < 1.29 is 9.72 Å². The van der Waals surface area contributed by atoms with Crippen LogP contribution in [0.15, 0.2) is 84.9 Å². The lowest BCUT2D eigenvalue weighted by atomic mass is 9.98. The van der Waals surface area contributed by atoms with E-state index in [2.05, 4.69) is 5.10 Å². The highest BCUT2D eigenvalue weighted by atomic mass is 35.5. The van der Waals surface area contributed by atoms with Gasteiger partial charge in [-0.1, -0.05) is 54.1 Å². The fraction of sp³-hybridized carbons (Fsp3) is 0.0833. The second kappa shape index (κ2) is 9.03. The van der Waals surface area contributed by atoms with Crippen LogP contribution in [0.5, 0.6) is 0 Å². The van der Waals surface area contributed by atoms with Gasteiger partial charge in [0.05, 0.1) is 16.7 Å². The predicted molar refractivity (Wildman–Crippen MR) is 124 cm³/mol. The van der Waals surface area contributed by atoms with Gasteiger partial charge >= 0.3 is 0 Å². The maximum Gasteiger partial charge on any atom is 0.269 e. The number of ketones is 1. The largest absolute Gasteiger partial charge is 0.384 e. The summed E-state index contributed by atoms with van der Waals surface area (Å²) in [5.41, 5.74) is 9.03. The van der Waals surface area contributed by atoms with E-state index in [1.807, 2.05) is 42.5 Å². The van der Waals surface area contributed by atoms with Crippen LogP contribution in [-0.4, -0.2) is 20.5 Å². The highest BCUT2D eigenvalue weighted by Crippen LogP contribution is 2.30. The van der Waals surface area contributed by atoms with Gasteiger partial charge in [-0.15, -0.1) is 0 Å². The fourth-order valence-electron chi connectivity index (χ4n) is 3.50. The number of rotatable bonds is 7. The Morgan fingerprint density at radius 3 is 2.31 bits per heavy atom. The number of hydrogen-bond acceptors (Lipinski definition) is 5. The number of carbonyl (C=O) groups excluding carboxylic acids is 1. The van der Waals surface area contributed by atoms with E-state index >= 15 is 0 Å². The smallest absolute Gasteiger partial charge is 0.269 e. The van der Waals surface area contributed by atoms with Gasteiger partial charge in [0.25, 0.3) is 5.69 Å². The summed E-state index contributed by atoms with van der Waals surface area (Å²) < 4.78 is 1.64. The number of carbonyl (C=O) groups is 1. The number of hydrogen-bond donors (Lipinski definition) is 1. The number of nitrogens with two attached hydrogens (primary N) is 1. The number of Topliss-reactive ketones (excluding diaryl/α,β-unsaturated/α-hetero) is 1. The summed E-state index contributed by atoms with van der Waals surface area (Å²) in [6.07, 6.45) is 0.0910. The van der Waals surface area contributed by atoms with E-state index < -0.39 is 11.0 Å². The number of benzene rings is 3. The Balaban J connectivity index is 1.68. The van der Waals surface area contributed by atoms with Crippen LogP contribution in [0.1, 0.15) is 28.4 Å². The van der Waals surface area contributed by atoms with Crippen LogP contribution in [0.3, 0.4) is 0 Å². The first-order valence-corrected chi connectivity index (χ1v) is 10.2. The number of aromatic nitrogens is 2. The van der Waals surface area contributed by atoms with Crippen molar-refractivity contribution in [3.63, 3.8) is 0 Å². The number of nitro groups is 1. The summed E-state index contributed by atoms with van der Waals surface area (Å²) in [4.78, 5) is 23.4. The molecule has 4 rings (SSSR count). The van der Waals surface area contributed by atoms with E-state index in [4.69, 9.17) is 17.3 Å². The highest BCUT2D eigenvalue weighted by molar-refractivity contribution is 6.30. The summed E-state index contributed by atoms with van der Waals surface area (Å²) in [7, 11) is 0. The summed E-state index contributed by atoms with van der Waals surface area (Å²) in [5, 5.41) is 16.2. The number of nitrogen functional groups attached to an aromatic ring is 1. The average molecular weight is 447 g/mol. The molecule has 1 unspecified atom stereocenters. The van der Waals surface area contributed by atoms with Gasteiger partial charge in [-0.05, 0) is 29.8 Å². The fourth-order valence-corrected chi connectivity index (χ4v) is 3.63. The van der Waals surface area contributed by atoms with Crippen molar-refractivity contribution in [1.29, 1.82) is 0 Å². The maximum atomic E-state index is 13.0. The van der Waals surface area contributed by atoms with Crippen LogP contribution in [-0.2, 0) is 0 Å². The first-order valence-electron chi connectivity index (χ1n) is 9.86. The zero-order valence-corrected chi connectivity index (χ0v) is 17.6. The molecule has 0 spiro atoms. The Kier molecular flexibility index (Phi) is 6.00. The molecule has 0 fully saturated rings. The van der Waals surface area contributed by atoms with Crippen molar-refractivity contribution in [2.75, 3.05) is 5.73 Å². The molecule has 0 saturated heterocycles. The van der Waals surface area contributed by atoms with Crippen molar-refractivity contribution in [2.24, 2.45) is 0 Å². The number of non-ortho nitro benzene ring substituents is 1. The molecule has 0 aliphatic heterocycles. The lowest BCUT2D eigenvalue weighted by Gasteiger charge is -2.19. The summed E-state index contributed by atoms with van der Waals surface area (Å²) in [5.74, 6) is 0.247. The molecule has 0 aliphatic rings. The zero-order chi connectivity index (χ0) is 22.7. The van der Waals surface area contributed by atoms with E-state index in [0.717, 1.165) is 11.1 Å². The Morgan fingerprint density at radius 2 is 1.69 bits per heavy atom. The molecular formula is C24H19ClN4O3. The van der Waals surface area contributed by atoms with Crippen molar-refractivity contribution >= 4 is 28.9 Å². The molecule has 1 aromatic heterocycles. The molecule has 7 nitrogen and oxygen atoms in total. The Bertz CT molecular complexity index is 1250. The molecule has 0 bridgehead atoms. The van der Waals surface area contributed by atoms with Crippen LogP contribution in [0.2, 0.25) is 5.02 Å². The van der Waals surface area contributed by atoms with Crippen LogP contribution in [0.25, 0.3) is 11.3 Å². The standard InChI is InChI=1S/C24H19ClN4O3/c25-19-10-6-16(7-11-19)21-14-24(26)28(27-21)22(17-4-2-1-3-5-17)15-23(30)18-8-12-20(13-9-18)29(31)32/h1-14,22H,15,26H2. The average Bonchev–Trinajstić information content (AvgIpc) is 3.19. The molecule has 2 N–H and O–H groups in total. The van der Waals surface area contributed by atoms with Crippen molar-refractivity contribution in [2.45, 2.75) is 12.5 Å². The molecule has 0 radical (unpaired) electrons. The minimum absolute atomic E-state index is 0.0647. The van der Waals surface area contributed by atoms with Gasteiger partial charge in [0.2, 0.25) is 0 Å². The molecule has 4 aromatic rings. The Labute approximate surface area is 189 Å². The Hall–Kier alpha value is -3.97. The molecule has 1 heterocycles. The molecule has 0 saturated carbocycles. The number of nitro benzene ring substituents is 1. The molecule has 0 aliphatic carbocycles. The number of halogens is 1. The highest BCUT2D eigenvalue weighted by Gasteiger charge is 2.23. The number of anilines is 1. The van der Waals surface area contributed by atoms with E-state index in [9.17, 15) is 14.9 Å². The summed E-state index contributed by atoms with van der Waals surface area (Å²) >= 11 is 5.98. The van der Waals surface area contributed by atoms with Gasteiger partial charge in [0, 0.05) is 40.8 Å². The van der Waals surface area contributed by atoms with Crippen LogP contribution >= 0.6 is 11.6 Å². The van der Waals surface area contributed by atoms with Gasteiger partial charge < -0.3 is 5.73 Å². The van der Waals surface area contributed by atoms with E-state index in [-0.39, 0.29) is 17.9 Å². The first kappa shape index (κ1) is 21.3. The monoisotopic (exact) mass is 446 g/mol. The molecule has 32 heavy (non-hydrogen) atoms. The van der Waals surface area contributed by atoms with E-state index in [0.29, 0.717) is 22.1 Å². The predicted octanol–water partition coefficient (Wildman–Crippen LogP) is 5.56. The molecule has 160 valence electrons. The quantitative estimate of drug-likeness (QED) is 0.227. The normalized spacial score (nSPS) is 11.8. The second-order valence-corrected chi connectivity index (χ2v) is 7.70. The molecule has 8 heteroatoms. The summed E-state index contributed by atoms with van der Waals surface area (Å²) in [6.45, 7) is 0. The van der Waals surface area contributed by atoms with Gasteiger partial charge in [0.1, 0.15) is 5.82 Å². The van der Waals surface area contributed by atoms with Gasteiger partial charge in [-0.2, -0.15) is 5.10 Å². The lowest BCUT2D eigenvalue weighted by molar-refractivity contribution is -0.384. The van der Waals surface area contributed by atoms with Crippen molar-refractivity contribution in [3.05, 3.63) is 111 Å². The van der Waals surface area contributed by atoms with Crippen LogP contribution in [0.4, 0.5) is 11.5 Å². The molecular weight excluding hydrogens is 428 g/mol. The molecule has 3 aromatic carbocycles. The van der Waals surface area contributed by atoms with Gasteiger partial charge in [-0.3, -0.25) is 14.9 Å². The van der Waals surface area contributed by atoms with Crippen molar-refractivity contribution in [1.82, 2.24) is 9.78 Å². The zero-order valence-electron chi connectivity index (χ0n) is 16.9. The van der Waals surface area contributed by atoms with Crippen LogP contribution < -0.4 is 5.73 Å². The third-order valence-electron chi connectivity index (χ3n) is 5.16. The van der Waals surface area contributed by atoms with E-state index in [1.54, 1.807) is 22.9 Å².